The van der Waals surface area contributed by atoms with Gasteiger partial charge in [-0.2, -0.15) is 0 Å². The number of nitrogens with one attached hydrogen (secondary N) is 2. The summed E-state index contributed by atoms with van der Waals surface area (Å²) in [6, 6.07) is 7.90. The van der Waals surface area contributed by atoms with E-state index in [4.69, 9.17) is 0 Å². The standard InChI is InChI=1S/C17H23N3O2/c21-16-4-2-10-20(16)15-7-5-13(6-8-15)11-19-17(22)14-3-1-9-18-12-14/h5-8,14,18H,1-4,9-12H2,(H,19,22). The summed E-state index contributed by atoms with van der Waals surface area (Å²) in [7, 11) is 0. The lowest BCUT2D eigenvalue weighted by atomic mass is 9.99. The fourth-order valence-electron chi connectivity index (χ4n) is 3.12. The van der Waals surface area contributed by atoms with E-state index in [1.807, 2.05) is 29.2 Å². The lowest BCUT2D eigenvalue weighted by Gasteiger charge is -2.22. The largest absolute Gasteiger partial charge is 0.352 e. The van der Waals surface area contributed by atoms with Crippen LogP contribution in [0.4, 0.5) is 5.69 Å². The molecule has 2 amide bonds. The lowest BCUT2D eigenvalue weighted by molar-refractivity contribution is -0.125. The number of nitrogens with zero attached hydrogens (tertiary/aromatic N) is 1. The van der Waals surface area contributed by atoms with Crippen LogP contribution in [-0.2, 0) is 16.1 Å². The van der Waals surface area contributed by atoms with Gasteiger partial charge in [-0.25, -0.2) is 0 Å². The molecule has 2 fully saturated rings. The molecule has 1 aromatic carbocycles. The predicted octanol–water partition coefficient (Wildman–Crippen LogP) is 1.43. The maximum atomic E-state index is 12.1. The van der Waals surface area contributed by atoms with Crippen LogP contribution in [0.25, 0.3) is 0 Å². The fourth-order valence-corrected chi connectivity index (χ4v) is 3.12. The minimum atomic E-state index is 0.0928. The molecule has 5 nitrogen and oxygen atoms in total. The van der Waals surface area contributed by atoms with Gasteiger partial charge in [0.25, 0.3) is 0 Å². The van der Waals surface area contributed by atoms with Gasteiger partial charge < -0.3 is 15.5 Å². The molecule has 0 aromatic heterocycles. The normalized spacial score (nSPS) is 21.9. The summed E-state index contributed by atoms with van der Waals surface area (Å²) in [5, 5.41) is 6.27. The van der Waals surface area contributed by atoms with Crippen molar-refractivity contribution >= 4 is 17.5 Å². The second kappa shape index (κ2) is 6.92. The molecule has 0 spiro atoms. The summed E-state index contributed by atoms with van der Waals surface area (Å²) in [5.74, 6) is 0.423. The zero-order chi connectivity index (χ0) is 15.4. The minimum absolute atomic E-state index is 0.0928. The van der Waals surface area contributed by atoms with E-state index in [0.29, 0.717) is 13.0 Å². The molecule has 118 valence electrons. The number of hydrogen-bond acceptors (Lipinski definition) is 3. The second-order valence-electron chi connectivity index (χ2n) is 6.08. The molecule has 0 bridgehead atoms. The fraction of sp³-hybridized carbons (Fsp3) is 0.529. The van der Waals surface area contributed by atoms with Crippen LogP contribution in [0.5, 0.6) is 0 Å². The quantitative estimate of drug-likeness (QED) is 0.884. The smallest absolute Gasteiger partial charge is 0.227 e. The Morgan fingerprint density at radius 3 is 2.73 bits per heavy atom. The molecular formula is C17H23N3O2. The minimum Gasteiger partial charge on any atom is -0.352 e. The van der Waals surface area contributed by atoms with Gasteiger partial charge in [0.1, 0.15) is 0 Å². The van der Waals surface area contributed by atoms with Crippen molar-refractivity contribution in [2.75, 3.05) is 24.5 Å². The van der Waals surface area contributed by atoms with E-state index in [0.717, 1.165) is 50.1 Å². The average molecular weight is 301 g/mol. The SMILES string of the molecule is O=C(NCc1ccc(N2CCCC2=O)cc1)C1CCCNC1. The third-order valence-electron chi connectivity index (χ3n) is 4.46. The first-order valence-electron chi connectivity index (χ1n) is 8.12. The molecule has 0 aliphatic carbocycles. The van der Waals surface area contributed by atoms with Crippen LogP contribution in [0.1, 0.15) is 31.2 Å². The summed E-state index contributed by atoms with van der Waals surface area (Å²) < 4.78 is 0. The van der Waals surface area contributed by atoms with Crippen molar-refractivity contribution in [2.45, 2.75) is 32.2 Å². The van der Waals surface area contributed by atoms with Gasteiger partial charge in [0, 0.05) is 31.7 Å². The van der Waals surface area contributed by atoms with Crippen molar-refractivity contribution < 1.29 is 9.59 Å². The number of hydrogen-bond donors (Lipinski definition) is 2. The Balaban J connectivity index is 1.52. The van der Waals surface area contributed by atoms with E-state index >= 15 is 0 Å². The zero-order valence-electron chi connectivity index (χ0n) is 12.8. The maximum absolute atomic E-state index is 12.1. The summed E-state index contributed by atoms with van der Waals surface area (Å²) in [6.45, 7) is 3.15. The van der Waals surface area contributed by atoms with E-state index in [-0.39, 0.29) is 17.7 Å². The lowest BCUT2D eigenvalue weighted by Crippen LogP contribution is -2.40. The molecule has 0 radical (unpaired) electrons. The van der Waals surface area contributed by atoms with E-state index < -0.39 is 0 Å². The van der Waals surface area contributed by atoms with Crippen LogP contribution >= 0.6 is 0 Å². The average Bonchev–Trinajstić information content (AvgIpc) is 3.00. The van der Waals surface area contributed by atoms with E-state index in [1.165, 1.54) is 0 Å². The third kappa shape index (κ3) is 3.47. The molecule has 0 saturated carbocycles. The first-order valence-corrected chi connectivity index (χ1v) is 8.12. The number of piperidine rings is 1. The molecule has 2 N–H and O–H groups in total. The van der Waals surface area contributed by atoms with Gasteiger partial charge in [-0.15, -0.1) is 0 Å². The second-order valence-corrected chi connectivity index (χ2v) is 6.08. The van der Waals surface area contributed by atoms with Crippen LogP contribution in [-0.4, -0.2) is 31.4 Å². The molecule has 2 heterocycles. The number of amides is 2. The zero-order valence-corrected chi connectivity index (χ0v) is 12.8. The maximum Gasteiger partial charge on any atom is 0.227 e. The molecule has 3 rings (SSSR count). The van der Waals surface area contributed by atoms with Crippen LogP contribution in [0.15, 0.2) is 24.3 Å². The number of carbonyl (C=O) groups excluding carboxylic acids is 2. The van der Waals surface area contributed by atoms with Gasteiger partial charge >= 0.3 is 0 Å². The molecule has 2 aliphatic heterocycles. The van der Waals surface area contributed by atoms with Gasteiger partial charge in [-0.1, -0.05) is 12.1 Å². The number of benzene rings is 1. The van der Waals surface area contributed by atoms with Crippen molar-refractivity contribution in [3.8, 4) is 0 Å². The van der Waals surface area contributed by atoms with Gasteiger partial charge in [0.15, 0.2) is 0 Å². The Labute approximate surface area is 131 Å². The molecule has 5 heteroatoms. The Morgan fingerprint density at radius 1 is 1.27 bits per heavy atom. The Morgan fingerprint density at radius 2 is 2.09 bits per heavy atom. The van der Waals surface area contributed by atoms with Gasteiger partial charge in [0.05, 0.1) is 5.92 Å². The number of rotatable bonds is 4. The molecule has 1 atom stereocenters. The number of carbonyl (C=O) groups is 2. The Kier molecular flexibility index (Phi) is 4.73. The number of anilines is 1. The van der Waals surface area contributed by atoms with Crippen LogP contribution < -0.4 is 15.5 Å². The van der Waals surface area contributed by atoms with Crippen molar-refractivity contribution in [1.82, 2.24) is 10.6 Å². The van der Waals surface area contributed by atoms with E-state index in [9.17, 15) is 9.59 Å². The first kappa shape index (κ1) is 15.0. The molecular weight excluding hydrogens is 278 g/mol. The van der Waals surface area contributed by atoms with Crippen molar-refractivity contribution in [2.24, 2.45) is 5.92 Å². The van der Waals surface area contributed by atoms with Gasteiger partial charge in [-0.3, -0.25) is 9.59 Å². The molecule has 1 aromatic rings. The Hall–Kier alpha value is -1.88. The highest BCUT2D eigenvalue weighted by atomic mass is 16.2. The highest BCUT2D eigenvalue weighted by Crippen LogP contribution is 2.21. The van der Waals surface area contributed by atoms with Gasteiger partial charge in [0.2, 0.25) is 11.8 Å². The summed E-state index contributed by atoms with van der Waals surface area (Å²) in [6.07, 6.45) is 3.62. The van der Waals surface area contributed by atoms with Gasteiger partial charge in [-0.05, 0) is 43.5 Å². The van der Waals surface area contributed by atoms with Crippen molar-refractivity contribution in [3.63, 3.8) is 0 Å². The first-order chi connectivity index (χ1) is 10.7. The summed E-state index contributed by atoms with van der Waals surface area (Å²) in [4.78, 5) is 25.6. The Bertz CT molecular complexity index is 535. The van der Waals surface area contributed by atoms with Crippen LogP contribution in [0, 0.1) is 5.92 Å². The molecule has 22 heavy (non-hydrogen) atoms. The topological polar surface area (TPSA) is 61.4 Å². The molecule has 2 saturated heterocycles. The summed E-state index contributed by atoms with van der Waals surface area (Å²) >= 11 is 0. The van der Waals surface area contributed by atoms with E-state index in [2.05, 4.69) is 10.6 Å². The van der Waals surface area contributed by atoms with Crippen LogP contribution in [0.3, 0.4) is 0 Å². The van der Waals surface area contributed by atoms with Crippen molar-refractivity contribution in [1.29, 1.82) is 0 Å². The highest BCUT2D eigenvalue weighted by molar-refractivity contribution is 5.95. The van der Waals surface area contributed by atoms with E-state index in [1.54, 1.807) is 0 Å². The summed E-state index contributed by atoms with van der Waals surface area (Å²) in [5.41, 5.74) is 2.02. The molecule has 2 aliphatic rings. The predicted molar refractivity (Wildman–Crippen MR) is 85.5 cm³/mol. The third-order valence-corrected chi connectivity index (χ3v) is 4.46. The van der Waals surface area contributed by atoms with Crippen molar-refractivity contribution in [3.05, 3.63) is 29.8 Å². The monoisotopic (exact) mass is 301 g/mol. The van der Waals surface area contributed by atoms with Crippen LogP contribution in [0.2, 0.25) is 0 Å². The highest BCUT2D eigenvalue weighted by Gasteiger charge is 2.22. The molecule has 1 unspecified atom stereocenters.